The van der Waals surface area contributed by atoms with E-state index in [0.717, 1.165) is 4.47 Å². The average molecular weight is 257 g/mol. The largest absolute Gasteiger partial charge is 0.351 e. The number of rotatable bonds is 1. The van der Waals surface area contributed by atoms with Gasteiger partial charge < -0.3 is 10.6 Å². The number of hydrogen-bond acceptors (Lipinski definition) is 2. The van der Waals surface area contributed by atoms with Gasteiger partial charge in [0.05, 0.1) is 5.69 Å². The van der Waals surface area contributed by atoms with Crippen LogP contribution >= 0.6 is 15.9 Å². The molecule has 0 aromatic heterocycles. The van der Waals surface area contributed by atoms with Crippen molar-refractivity contribution in [2.24, 2.45) is 0 Å². The predicted octanol–water partition coefficient (Wildman–Crippen LogP) is 1.13. The van der Waals surface area contributed by atoms with E-state index in [2.05, 4.69) is 26.6 Å². The zero-order valence-corrected chi connectivity index (χ0v) is 9.09. The van der Waals surface area contributed by atoms with Gasteiger partial charge in [0, 0.05) is 11.5 Å². The van der Waals surface area contributed by atoms with Crippen molar-refractivity contribution in [1.82, 2.24) is 5.32 Å². The molecule has 5 heteroatoms. The third kappa shape index (κ3) is 2.56. The number of nitrogens with one attached hydrogen (secondary N) is 2. The quantitative estimate of drug-likeness (QED) is 0.741. The average Bonchev–Trinajstić information content (AvgIpc) is 2.20. The van der Waals surface area contributed by atoms with Crippen LogP contribution in [-0.2, 0) is 9.59 Å². The topological polar surface area (TPSA) is 58.2 Å². The first-order chi connectivity index (χ1) is 6.65. The zero-order chi connectivity index (χ0) is 10.6. The lowest BCUT2D eigenvalue weighted by atomic mass is 10.3. The van der Waals surface area contributed by atoms with Crippen molar-refractivity contribution in [1.29, 1.82) is 0 Å². The van der Waals surface area contributed by atoms with Gasteiger partial charge in [-0.3, -0.25) is 9.59 Å². The van der Waals surface area contributed by atoms with Crippen molar-refractivity contribution < 1.29 is 9.59 Å². The molecule has 2 amide bonds. The van der Waals surface area contributed by atoms with Crippen molar-refractivity contribution in [3.05, 3.63) is 28.7 Å². The molecular weight excluding hydrogens is 248 g/mol. The molecule has 0 atom stereocenters. The zero-order valence-electron chi connectivity index (χ0n) is 7.50. The number of halogens is 1. The van der Waals surface area contributed by atoms with Crippen LogP contribution in [0, 0.1) is 0 Å². The SMILES string of the molecule is CNC(=O)C(=O)Nc1ccccc1Br. The Balaban J connectivity index is 2.75. The number of likely N-dealkylation sites (N-methyl/N-ethyl adjacent to an activating group) is 1. The van der Waals surface area contributed by atoms with Gasteiger partial charge in [0.2, 0.25) is 0 Å². The van der Waals surface area contributed by atoms with Crippen LogP contribution in [0.5, 0.6) is 0 Å². The molecule has 0 bridgehead atoms. The Bertz CT molecular complexity index is 366. The van der Waals surface area contributed by atoms with Crippen LogP contribution in [-0.4, -0.2) is 18.9 Å². The Morgan fingerprint density at radius 2 is 1.86 bits per heavy atom. The number of hydrogen-bond donors (Lipinski definition) is 2. The first-order valence-corrected chi connectivity index (χ1v) is 4.72. The van der Waals surface area contributed by atoms with E-state index in [-0.39, 0.29) is 0 Å². The molecule has 0 radical (unpaired) electrons. The highest BCUT2D eigenvalue weighted by Crippen LogP contribution is 2.20. The van der Waals surface area contributed by atoms with Gasteiger partial charge in [0.15, 0.2) is 0 Å². The van der Waals surface area contributed by atoms with Gasteiger partial charge in [-0.15, -0.1) is 0 Å². The Hall–Kier alpha value is -1.36. The summed E-state index contributed by atoms with van der Waals surface area (Å²) in [5, 5.41) is 4.70. The van der Waals surface area contributed by atoms with E-state index < -0.39 is 11.8 Å². The summed E-state index contributed by atoms with van der Waals surface area (Å²) in [6.45, 7) is 0. The lowest BCUT2D eigenvalue weighted by Crippen LogP contribution is -2.32. The van der Waals surface area contributed by atoms with Crippen molar-refractivity contribution in [3.8, 4) is 0 Å². The maximum atomic E-state index is 11.2. The van der Waals surface area contributed by atoms with Crippen LogP contribution in [0.1, 0.15) is 0 Å². The Morgan fingerprint density at radius 3 is 2.43 bits per heavy atom. The van der Waals surface area contributed by atoms with E-state index in [1.54, 1.807) is 18.2 Å². The fourth-order valence-electron chi connectivity index (χ4n) is 0.855. The Labute approximate surface area is 89.8 Å². The third-order valence-electron chi connectivity index (χ3n) is 1.56. The summed E-state index contributed by atoms with van der Waals surface area (Å²) in [4.78, 5) is 22.0. The molecule has 1 aromatic rings. The molecule has 0 saturated carbocycles. The number of benzene rings is 1. The van der Waals surface area contributed by atoms with Crippen molar-refractivity contribution >= 4 is 33.4 Å². The van der Waals surface area contributed by atoms with E-state index in [1.807, 2.05) is 6.07 Å². The first kappa shape index (κ1) is 10.7. The van der Waals surface area contributed by atoms with Gasteiger partial charge in [0.1, 0.15) is 0 Å². The van der Waals surface area contributed by atoms with E-state index in [0.29, 0.717) is 5.69 Å². The lowest BCUT2D eigenvalue weighted by molar-refractivity contribution is -0.135. The Morgan fingerprint density at radius 1 is 1.21 bits per heavy atom. The van der Waals surface area contributed by atoms with E-state index >= 15 is 0 Å². The number of carbonyl (C=O) groups is 2. The highest BCUT2D eigenvalue weighted by molar-refractivity contribution is 9.10. The smallest absolute Gasteiger partial charge is 0.313 e. The minimum absolute atomic E-state index is 0.570. The second kappa shape index (κ2) is 4.76. The maximum Gasteiger partial charge on any atom is 0.313 e. The summed E-state index contributed by atoms with van der Waals surface area (Å²) in [7, 11) is 1.40. The monoisotopic (exact) mass is 256 g/mol. The van der Waals surface area contributed by atoms with Gasteiger partial charge >= 0.3 is 11.8 Å². The minimum atomic E-state index is -0.681. The molecule has 2 N–H and O–H groups in total. The molecule has 0 heterocycles. The summed E-state index contributed by atoms with van der Waals surface area (Å²) in [5.41, 5.74) is 0.570. The molecular formula is C9H9BrN2O2. The molecule has 1 rings (SSSR count). The molecule has 0 unspecified atom stereocenters. The molecule has 74 valence electrons. The maximum absolute atomic E-state index is 11.2. The molecule has 0 aliphatic carbocycles. The molecule has 4 nitrogen and oxygen atoms in total. The molecule has 0 spiro atoms. The first-order valence-electron chi connectivity index (χ1n) is 3.92. The molecule has 14 heavy (non-hydrogen) atoms. The van der Waals surface area contributed by atoms with Crippen molar-refractivity contribution in [2.75, 3.05) is 12.4 Å². The molecule has 0 fully saturated rings. The van der Waals surface area contributed by atoms with E-state index in [1.165, 1.54) is 7.05 Å². The highest BCUT2D eigenvalue weighted by atomic mass is 79.9. The molecule has 0 saturated heterocycles. The van der Waals surface area contributed by atoms with Gasteiger partial charge in [-0.2, -0.15) is 0 Å². The standard InChI is InChI=1S/C9H9BrN2O2/c1-11-8(13)9(14)12-7-5-3-2-4-6(7)10/h2-5H,1H3,(H,11,13)(H,12,14). The second-order valence-corrected chi connectivity index (χ2v) is 3.37. The molecule has 0 aliphatic heterocycles. The van der Waals surface area contributed by atoms with Crippen LogP contribution in [0.25, 0.3) is 0 Å². The molecule has 0 aliphatic rings. The summed E-state index contributed by atoms with van der Waals surface area (Å²) >= 11 is 3.25. The van der Waals surface area contributed by atoms with Crippen molar-refractivity contribution in [2.45, 2.75) is 0 Å². The van der Waals surface area contributed by atoms with Gasteiger partial charge in [-0.25, -0.2) is 0 Å². The number of carbonyl (C=O) groups excluding carboxylic acids is 2. The number of para-hydroxylation sites is 1. The Kier molecular flexibility index (Phi) is 3.64. The lowest BCUT2D eigenvalue weighted by Gasteiger charge is -2.05. The summed E-state index contributed by atoms with van der Waals surface area (Å²) < 4.78 is 0.734. The fourth-order valence-corrected chi connectivity index (χ4v) is 1.24. The van der Waals surface area contributed by atoms with Crippen molar-refractivity contribution in [3.63, 3.8) is 0 Å². The van der Waals surface area contributed by atoms with Gasteiger partial charge in [-0.05, 0) is 28.1 Å². The van der Waals surface area contributed by atoms with Crippen LogP contribution < -0.4 is 10.6 Å². The fraction of sp³-hybridized carbons (Fsp3) is 0.111. The summed E-state index contributed by atoms with van der Waals surface area (Å²) in [5.74, 6) is -1.35. The summed E-state index contributed by atoms with van der Waals surface area (Å²) in [6.07, 6.45) is 0. The third-order valence-corrected chi connectivity index (χ3v) is 2.25. The van der Waals surface area contributed by atoms with E-state index in [9.17, 15) is 9.59 Å². The summed E-state index contributed by atoms with van der Waals surface area (Å²) in [6, 6.07) is 7.06. The number of anilines is 1. The van der Waals surface area contributed by atoms with Crippen LogP contribution in [0.3, 0.4) is 0 Å². The minimum Gasteiger partial charge on any atom is -0.351 e. The van der Waals surface area contributed by atoms with Crippen LogP contribution in [0.4, 0.5) is 5.69 Å². The number of amides is 2. The second-order valence-electron chi connectivity index (χ2n) is 2.51. The molecule has 1 aromatic carbocycles. The van der Waals surface area contributed by atoms with Gasteiger partial charge in [-0.1, -0.05) is 12.1 Å². The van der Waals surface area contributed by atoms with E-state index in [4.69, 9.17) is 0 Å². The normalized spacial score (nSPS) is 9.29. The predicted molar refractivity (Wildman–Crippen MR) is 56.8 cm³/mol. The van der Waals surface area contributed by atoms with Gasteiger partial charge in [0.25, 0.3) is 0 Å². The highest BCUT2D eigenvalue weighted by Gasteiger charge is 2.11. The van der Waals surface area contributed by atoms with Crippen LogP contribution in [0.15, 0.2) is 28.7 Å². The van der Waals surface area contributed by atoms with Crippen LogP contribution in [0.2, 0.25) is 0 Å².